The van der Waals surface area contributed by atoms with E-state index in [0.717, 1.165) is 11.3 Å². The van der Waals surface area contributed by atoms with E-state index in [0.29, 0.717) is 27.8 Å². The SMILES string of the molecule is Cc1ccc(CNC(=O)c2cncc(Nc3cc(Cl)cc(Cl)c3)c2)cc1. The molecule has 0 fully saturated rings. The second-order valence-electron chi connectivity index (χ2n) is 5.91. The quantitative estimate of drug-likeness (QED) is 0.620. The number of halogens is 2. The molecule has 3 aromatic rings. The lowest BCUT2D eigenvalue weighted by Crippen LogP contribution is -2.23. The molecule has 0 spiro atoms. The van der Waals surface area contributed by atoms with E-state index < -0.39 is 0 Å². The van der Waals surface area contributed by atoms with Crippen molar-refractivity contribution in [3.05, 3.63) is 87.7 Å². The molecule has 26 heavy (non-hydrogen) atoms. The molecule has 1 aromatic heterocycles. The Labute approximate surface area is 162 Å². The summed E-state index contributed by atoms with van der Waals surface area (Å²) in [6.45, 7) is 2.49. The summed E-state index contributed by atoms with van der Waals surface area (Å²) >= 11 is 12.0. The smallest absolute Gasteiger partial charge is 0.253 e. The summed E-state index contributed by atoms with van der Waals surface area (Å²) in [6.07, 6.45) is 3.16. The van der Waals surface area contributed by atoms with Gasteiger partial charge in [-0.25, -0.2) is 0 Å². The number of nitrogens with one attached hydrogen (secondary N) is 2. The Hall–Kier alpha value is -2.56. The van der Waals surface area contributed by atoms with Crippen LogP contribution >= 0.6 is 23.2 Å². The van der Waals surface area contributed by atoms with Crippen molar-refractivity contribution in [2.45, 2.75) is 13.5 Å². The second-order valence-corrected chi connectivity index (χ2v) is 6.79. The maximum absolute atomic E-state index is 12.4. The van der Waals surface area contributed by atoms with Crippen LogP contribution in [0.1, 0.15) is 21.5 Å². The molecule has 0 radical (unpaired) electrons. The number of benzene rings is 2. The van der Waals surface area contributed by atoms with Crippen molar-refractivity contribution >= 4 is 40.5 Å². The summed E-state index contributed by atoms with van der Waals surface area (Å²) in [6, 6.07) is 14.9. The summed E-state index contributed by atoms with van der Waals surface area (Å²) in [5, 5.41) is 7.10. The normalized spacial score (nSPS) is 10.4. The number of anilines is 2. The van der Waals surface area contributed by atoms with Crippen LogP contribution in [0.3, 0.4) is 0 Å². The van der Waals surface area contributed by atoms with E-state index in [-0.39, 0.29) is 5.91 Å². The Morgan fingerprint density at radius 3 is 2.35 bits per heavy atom. The fraction of sp³-hybridized carbons (Fsp3) is 0.100. The standard InChI is InChI=1S/C20H17Cl2N3O/c1-13-2-4-14(5-3-13)10-24-20(26)15-6-19(12-23-11-15)25-18-8-16(21)7-17(22)9-18/h2-9,11-12,25H,10H2,1H3,(H,24,26). The van der Waals surface area contributed by atoms with Gasteiger partial charge in [0.1, 0.15) is 0 Å². The number of hydrogen-bond acceptors (Lipinski definition) is 3. The van der Waals surface area contributed by atoms with Crippen molar-refractivity contribution in [2.75, 3.05) is 5.32 Å². The molecule has 0 bridgehead atoms. The van der Waals surface area contributed by atoms with E-state index in [2.05, 4.69) is 15.6 Å². The summed E-state index contributed by atoms with van der Waals surface area (Å²) in [4.78, 5) is 16.5. The highest BCUT2D eigenvalue weighted by Crippen LogP contribution is 2.25. The molecule has 0 saturated heterocycles. The zero-order chi connectivity index (χ0) is 18.5. The molecule has 1 amide bonds. The van der Waals surface area contributed by atoms with E-state index in [9.17, 15) is 4.79 Å². The van der Waals surface area contributed by atoms with Crippen LogP contribution in [0.4, 0.5) is 11.4 Å². The van der Waals surface area contributed by atoms with E-state index >= 15 is 0 Å². The zero-order valence-electron chi connectivity index (χ0n) is 14.1. The summed E-state index contributed by atoms with van der Waals surface area (Å²) in [7, 11) is 0. The first-order valence-corrected chi connectivity index (χ1v) is 8.77. The summed E-state index contributed by atoms with van der Waals surface area (Å²) < 4.78 is 0. The van der Waals surface area contributed by atoms with Crippen molar-refractivity contribution in [2.24, 2.45) is 0 Å². The molecule has 1 heterocycles. The van der Waals surface area contributed by atoms with E-state index in [1.807, 2.05) is 31.2 Å². The zero-order valence-corrected chi connectivity index (χ0v) is 15.6. The van der Waals surface area contributed by atoms with Crippen LogP contribution in [0.25, 0.3) is 0 Å². The van der Waals surface area contributed by atoms with Crippen molar-refractivity contribution in [3.8, 4) is 0 Å². The molecular weight excluding hydrogens is 369 g/mol. The molecule has 0 unspecified atom stereocenters. The molecule has 0 atom stereocenters. The van der Waals surface area contributed by atoms with Gasteiger partial charge < -0.3 is 10.6 Å². The van der Waals surface area contributed by atoms with Crippen LogP contribution < -0.4 is 10.6 Å². The molecule has 0 aliphatic carbocycles. The topological polar surface area (TPSA) is 54.0 Å². The first-order valence-electron chi connectivity index (χ1n) is 8.01. The Kier molecular flexibility index (Phi) is 5.76. The van der Waals surface area contributed by atoms with Gasteiger partial charge in [0.2, 0.25) is 0 Å². The molecular formula is C20H17Cl2N3O. The van der Waals surface area contributed by atoms with Gasteiger partial charge in [0, 0.05) is 28.5 Å². The first kappa shape index (κ1) is 18.2. The third-order valence-electron chi connectivity index (χ3n) is 3.73. The van der Waals surface area contributed by atoms with Crippen LogP contribution in [0.15, 0.2) is 60.9 Å². The Morgan fingerprint density at radius 1 is 0.962 bits per heavy atom. The van der Waals surface area contributed by atoms with Gasteiger partial charge in [-0.05, 0) is 36.8 Å². The van der Waals surface area contributed by atoms with Gasteiger partial charge in [-0.15, -0.1) is 0 Å². The lowest BCUT2D eigenvalue weighted by Gasteiger charge is -2.09. The van der Waals surface area contributed by atoms with Crippen LogP contribution in [0.2, 0.25) is 10.0 Å². The monoisotopic (exact) mass is 385 g/mol. The van der Waals surface area contributed by atoms with Crippen molar-refractivity contribution in [1.82, 2.24) is 10.3 Å². The number of amides is 1. The highest BCUT2D eigenvalue weighted by molar-refractivity contribution is 6.35. The maximum atomic E-state index is 12.4. The molecule has 3 rings (SSSR count). The summed E-state index contributed by atoms with van der Waals surface area (Å²) in [5.74, 6) is -0.189. The number of nitrogens with zero attached hydrogens (tertiary/aromatic N) is 1. The molecule has 6 heteroatoms. The lowest BCUT2D eigenvalue weighted by molar-refractivity contribution is 0.0950. The first-order chi connectivity index (χ1) is 12.5. The van der Waals surface area contributed by atoms with Gasteiger partial charge in [0.25, 0.3) is 5.91 Å². The predicted octanol–water partition coefficient (Wildman–Crippen LogP) is 5.37. The number of pyridine rings is 1. The minimum absolute atomic E-state index is 0.189. The molecule has 0 saturated carbocycles. The Morgan fingerprint density at radius 2 is 1.65 bits per heavy atom. The van der Waals surface area contributed by atoms with Crippen molar-refractivity contribution in [3.63, 3.8) is 0 Å². The fourth-order valence-electron chi connectivity index (χ4n) is 2.42. The lowest BCUT2D eigenvalue weighted by atomic mass is 10.1. The molecule has 2 N–H and O–H groups in total. The number of rotatable bonds is 5. The van der Waals surface area contributed by atoms with E-state index in [4.69, 9.17) is 23.2 Å². The van der Waals surface area contributed by atoms with Crippen LogP contribution in [-0.4, -0.2) is 10.9 Å². The van der Waals surface area contributed by atoms with Gasteiger partial charge >= 0.3 is 0 Å². The molecule has 0 aliphatic heterocycles. The average Bonchev–Trinajstić information content (AvgIpc) is 2.60. The minimum atomic E-state index is -0.189. The van der Waals surface area contributed by atoms with Gasteiger partial charge in [0.15, 0.2) is 0 Å². The summed E-state index contributed by atoms with van der Waals surface area (Å²) in [5.41, 5.74) is 4.09. The molecule has 0 aliphatic rings. The maximum Gasteiger partial charge on any atom is 0.253 e. The Balaban J connectivity index is 1.67. The molecule has 4 nitrogen and oxygen atoms in total. The van der Waals surface area contributed by atoms with Gasteiger partial charge in [-0.2, -0.15) is 0 Å². The third kappa shape index (κ3) is 4.97. The van der Waals surface area contributed by atoms with E-state index in [1.54, 1.807) is 30.5 Å². The molecule has 132 valence electrons. The number of carbonyl (C=O) groups is 1. The van der Waals surface area contributed by atoms with Gasteiger partial charge in [-0.1, -0.05) is 53.0 Å². The number of aromatic nitrogens is 1. The predicted molar refractivity (Wildman–Crippen MR) is 106 cm³/mol. The fourth-order valence-corrected chi connectivity index (χ4v) is 2.94. The van der Waals surface area contributed by atoms with Crippen molar-refractivity contribution < 1.29 is 4.79 Å². The van der Waals surface area contributed by atoms with Crippen LogP contribution in [0.5, 0.6) is 0 Å². The average molecular weight is 386 g/mol. The second kappa shape index (κ2) is 8.21. The number of carbonyl (C=O) groups excluding carboxylic acids is 1. The van der Waals surface area contributed by atoms with Gasteiger partial charge in [0.05, 0.1) is 17.4 Å². The number of hydrogen-bond donors (Lipinski definition) is 2. The van der Waals surface area contributed by atoms with Crippen LogP contribution in [0, 0.1) is 6.92 Å². The third-order valence-corrected chi connectivity index (χ3v) is 4.16. The highest BCUT2D eigenvalue weighted by atomic mass is 35.5. The van der Waals surface area contributed by atoms with Crippen LogP contribution in [-0.2, 0) is 6.54 Å². The highest BCUT2D eigenvalue weighted by Gasteiger charge is 2.08. The molecule has 2 aromatic carbocycles. The largest absolute Gasteiger partial charge is 0.354 e. The van der Waals surface area contributed by atoms with E-state index in [1.165, 1.54) is 11.8 Å². The number of aryl methyl sites for hydroxylation is 1. The Bertz CT molecular complexity index is 906. The van der Waals surface area contributed by atoms with Crippen molar-refractivity contribution in [1.29, 1.82) is 0 Å². The van der Waals surface area contributed by atoms with Gasteiger partial charge in [-0.3, -0.25) is 9.78 Å². The minimum Gasteiger partial charge on any atom is -0.354 e.